The van der Waals surface area contributed by atoms with Crippen LogP contribution in [0.25, 0.3) is 11.1 Å². The molecular weight excluding hydrogens is 435 g/mol. The number of halogens is 2. The number of ether oxygens (including phenoxy) is 1. The fraction of sp³-hybridized carbons (Fsp3) is 0.0500. The van der Waals surface area contributed by atoms with Crippen molar-refractivity contribution < 1.29 is 17.9 Å². The highest BCUT2D eigenvalue weighted by molar-refractivity contribution is 7.89. The van der Waals surface area contributed by atoms with Crippen molar-refractivity contribution in [3.05, 3.63) is 70.7 Å². The van der Waals surface area contributed by atoms with Gasteiger partial charge in [0.1, 0.15) is 16.4 Å². The zero-order chi connectivity index (χ0) is 21.2. The first-order valence-electron chi connectivity index (χ1n) is 8.32. The second kappa shape index (κ2) is 8.42. The van der Waals surface area contributed by atoms with Crippen molar-refractivity contribution in [3.63, 3.8) is 0 Å². The van der Waals surface area contributed by atoms with Crippen molar-refractivity contribution >= 4 is 44.8 Å². The number of nitrogens with one attached hydrogen (secondary N) is 1. The van der Waals surface area contributed by atoms with E-state index in [1.54, 1.807) is 48.5 Å². The fourth-order valence-electron chi connectivity index (χ4n) is 2.74. The van der Waals surface area contributed by atoms with Crippen molar-refractivity contribution in [3.8, 4) is 22.6 Å². The molecule has 9 heteroatoms. The molecule has 0 unspecified atom stereocenters. The van der Waals surface area contributed by atoms with Crippen LogP contribution in [0, 0.1) is 0 Å². The topological polar surface area (TPSA) is 98.5 Å². The van der Waals surface area contributed by atoms with Gasteiger partial charge in [0.25, 0.3) is 0 Å². The number of rotatable bonds is 5. The molecule has 0 aliphatic carbocycles. The number of hydrogen-bond donors (Lipinski definition) is 2. The minimum absolute atomic E-state index is 0.0339. The highest BCUT2D eigenvalue weighted by atomic mass is 35.5. The summed E-state index contributed by atoms with van der Waals surface area (Å²) in [6.45, 7) is 1.36. The molecule has 3 aromatic carbocycles. The van der Waals surface area contributed by atoms with Crippen molar-refractivity contribution in [1.82, 2.24) is 0 Å². The third-order valence-corrected chi connectivity index (χ3v) is 5.37. The Kier molecular flexibility index (Phi) is 6.14. The summed E-state index contributed by atoms with van der Waals surface area (Å²) in [5.41, 5.74) is 1.35. The summed E-state index contributed by atoms with van der Waals surface area (Å²) in [5.74, 6) is 0.0968. The van der Waals surface area contributed by atoms with E-state index in [1.165, 1.54) is 19.1 Å². The van der Waals surface area contributed by atoms with Crippen LogP contribution >= 0.6 is 23.2 Å². The Labute approximate surface area is 178 Å². The lowest BCUT2D eigenvalue weighted by Gasteiger charge is -2.15. The molecule has 0 heterocycles. The normalized spacial score (nSPS) is 11.2. The van der Waals surface area contributed by atoms with Gasteiger partial charge in [-0.25, -0.2) is 13.6 Å². The number of benzene rings is 3. The van der Waals surface area contributed by atoms with E-state index < -0.39 is 10.0 Å². The molecule has 0 saturated heterocycles. The Bertz CT molecular complexity index is 1200. The number of carbonyl (C=O) groups excluding carboxylic acids is 1. The zero-order valence-corrected chi connectivity index (χ0v) is 17.5. The Morgan fingerprint density at radius 3 is 2.41 bits per heavy atom. The number of anilines is 1. The zero-order valence-electron chi connectivity index (χ0n) is 15.1. The van der Waals surface area contributed by atoms with Gasteiger partial charge in [-0.2, -0.15) is 0 Å². The summed E-state index contributed by atoms with van der Waals surface area (Å²) in [6.07, 6.45) is 0. The predicted octanol–water partition coefficient (Wildman–Crippen LogP) is 5.06. The maximum absolute atomic E-state index is 12.2. The fourth-order valence-corrected chi connectivity index (χ4v) is 3.88. The van der Waals surface area contributed by atoms with Gasteiger partial charge in [-0.15, -0.1) is 0 Å². The van der Waals surface area contributed by atoms with Gasteiger partial charge in [0, 0.05) is 17.5 Å². The van der Waals surface area contributed by atoms with Gasteiger partial charge in [0.15, 0.2) is 0 Å². The van der Waals surface area contributed by atoms with E-state index in [0.29, 0.717) is 32.6 Å². The van der Waals surface area contributed by atoms with E-state index in [2.05, 4.69) is 5.32 Å². The summed E-state index contributed by atoms with van der Waals surface area (Å²) in [5, 5.41) is 8.86. The van der Waals surface area contributed by atoms with E-state index in [4.69, 9.17) is 33.1 Å². The van der Waals surface area contributed by atoms with Crippen molar-refractivity contribution in [1.29, 1.82) is 0 Å². The summed E-state index contributed by atoms with van der Waals surface area (Å²) < 4.78 is 30.1. The summed E-state index contributed by atoms with van der Waals surface area (Å²) in [4.78, 5) is 11.3. The highest BCUT2D eigenvalue weighted by Crippen LogP contribution is 2.39. The van der Waals surface area contributed by atoms with Crippen molar-refractivity contribution in [2.75, 3.05) is 5.32 Å². The largest absolute Gasteiger partial charge is 0.456 e. The first-order chi connectivity index (χ1) is 13.6. The molecule has 0 aliphatic heterocycles. The number of amides is 1. The van der Waals surface area contributed by atoms with E-state index in [-0.39, 0.29) is 16.6 Å². The van der Waals surface area contributed by atoms with E-state index in [9.17, 15) is 13.2 Å². The second-order valence-electron chi connectivity index (χ2n) is 6.11. The van der Waals surface area contributed by atoms with Gasteiger partial charge in [-0.05, 0) is 48.0 Å². The molecule has 0 radical (unpaired) electrons. The molecule has 0 saturated carbocycles. The molecule has 6 nitrogen and oxygen atoms in total. The lowest BCUT2D eigenvalue weighted by Crippen LogP contribution is -2.13. The number of sulfonamides is 1. The first-order valence-corrected chi connectivity index (χ1v) is 10.6. The molecular formula is C20H16Cl2N2O4S. The van der Waals surface area contributed by atoms with Crippen LogP contribution in [0.2, 0.25) is 10.0 Å². The third kappa shape index (κ3) is 5.07. The molecule has 1 amide bonds. The monoisotopic (exact) mass is 450 g/mol. The highest BCUT2D eigenvalue weighted by Gasteiger charge is 2.20. The Hall–Kier alpha value is -2.58. The van der Waals surface area contributed by atoms with Gasteiger partial charge < -0.3 is 10.1 Å². The quantitative estimate of drug-likeness (QED) is 0.567. The second-order valence-corrected chi connectivity index (χ2v) is 8.48. The van der Waals surface area contributed by atoms with Crippen LogP contribution in [0.3, 0.4) is 0 Å². The molecule has 29 heavy (non-hydrogen) atoms. The smallest absolute Gasteiger partial charge is 0.241 e. The van der Waals surface area contributed by atoms with Gasteiger partial charge in [0.05, 0.1) is 10.7 Å². The average molecular weight is 451 g/mol. The van der Waals surface area contributed by atoms with E-state index in [0.717, 1.165) is 0 Å². The van der Waals surface area contributed by atoms with E-state index >= 15 is 0 Å². The molecule has 0 bridgehead atoms. The van der Waals surface area contributed by atoms with Crippen LogP contribution in [0.15, 0.2) is 65.6 Å². The molecule has 150 valence electrons. The lowest BCUT2D eigenvalue weighted by molar-refractivity contribution is -0.114. The van der Waals surface area contributed by atoms with E-state index in [1.807, 2.05) is 0 Å². The SMILES string of the molecule is CC(=O)Nc1cccc(Cl)c1-c1ccc(Oc2cccc(Cl)c2)c(S(N)(=O)=O)c1. The average Bonchev–Trinajstić information content (AvgIpc) is 2.61. The van der Waals surface area contributed by atoms with Crippen molar-refractivity contribution in [2.45, 2.75) is 11.8 Å². The van der Waals surface area contributed by atoms with Gasteiger partial charge in [-0.3, -0.25) is 4.79 Å². The Balaban J connectivity index is 2.14. The van der Waals surface area contributed by atoms with Crippen LogP contribution in [0.5, 0.6) is 11.5 Å². The van der Waals surface area contributed by atoms with Gasteiger partial charge in [0.2, 0.25) is 15.9 Å². The van der Waals surface area contributed by atoms with Crippen LogP contribution in [0.1, 0.15) is 6.92 Å². The van der Waals surface area contributed by atoms with Gasteiger partial charge in [-0.1, -0.05) is 41.4 Å². The summed E-state index contributed by atoms with van der Waals surface area (Å²) >= 11 is 12.3. The van der Waals surface area contributed by atoms with Crippen LogP contribution in [0.4, 0.5) is 5.69 Å². The van der Waals surface area contributed by atoms with Gasteiger partial charge >= 0.3 is 0 Å². The number of hydrogen-bond acceptors (Lipinski definition) is 4. The number of carbonyl (C=O) groups is 1. The maximum Gasteiger partial charge on any atom is 0.241 e. The number of nitrogens with two attached hydrogens (primary N) is 1. The molecule has 3 rings (SSSR count). The molecule has 0 spiro atoms. The van der Waals surface area contributed by atoms with Crippen LogP contribution in [-0.2, 0) is 14.8 Å². The standard InChI is InChI=1S/C20H16Cl2N2O4S/c1-12(25)24-17-7-3-6-16(22)20(17)13-8-9-18(19(10-13)29(23,26)27)28-15-5-2-4-14(21)11-15/h2-11H,1H3,(H,24,25)(H2,23,26,27). The molecule has 0 aromatic heterocycles. The van der Waals surface area contributed by atoms with Crippen LogP contribution in [-0.4, -0.2) is 14.3 Å². The maximum atomic E-state index is 12.2. The van der Waals surface area contributed by atoms with Crippen molar-refractivity contribution in [2.24, 2.45) is 5.14 Å². The minimum Gasteiger partial charge on any atom is -0.456 e. The lowest BCUT2D eigenvalue weighted by atomic mass is 10.0. The summed E-state index contributed by atoms with van der Waals surface area (Å²) in [6, 6.07) is 15.9. The molecule has 0 aliphatic rings. The molecule has 0 atom stereocenters. The Morgan fingerprint density at radius 1 is 1.03 bits per heavy atom. The van der Waals surface area contributed by atoms with Crippen LogP contribution < -0.4 is 15.2 Å². The minimum atomic E-state index is -4.13. The third-order valence-electron chi connectivity index (χ3n) is 3.89. The summed E-state index contributed by atoms with van der Waals surface area (Å²) in [7, 11) is -4.13. The molecule has 3 aromatic rings. The predicted molar refractivity (Wildman–Crippen MR) is 114 cm³/mol. The number of primary sulfonamides is 1. The molecule has 0 fully saturated rings. The Morgan fingerprint density at radius 2 is 1.76 bits per heavy atom. The first kappa shape index (κ1) is 21.1. The molecule has 3 N–H and O–H groups in total.